The first kappa shape index (κ1) is 24.8. The molecule has 182 valence electrons. The number of rotatable bonds is 6. The normalized spacial score (nSPS) is 24.9. The molecule has 3 rings (SSSR count). The van der Waals surface area contributed by atoms with Gasteiger partial charge in [-0.25, -0.2) is 14.0 Å². The summed E-state index contributed by atoms with van der Waals surface area (Å²) < 4.78 is 24.6. The molecule has 8 nitrogen and oxygen atoms in total. The Hall–Kier alpha value is -2.84. The SMILES string of the molecule is CC(C)(C)OC(=O)N[C@@H]1CC[C@H](CNC(=O)[C@@H]2C[C@H](F)CN2C(=O)OCc2ccccc2)C1. The monoisotopic (exact) mass is 463 g/mol. The van der Waals surface area contributed by atoms with E-state index in [-0.39, 0.29) is 37.4 Å². The first-order valence-corrected chi connectivity index (χ1v) is 11.5. The van der Waals surface area contributed by atoms with E-state index in [1.165, 1.54) is 4.90 Å². The van der Waals surface area contributed by atoms with Crippen molar-refractivity contribution in [2.24, 2.45) is 5.92 Å². The molecule has 2 fully saturated rings. The number of amides is 3. The minimum Gasteiger partial charge on any atom is -0.445 e. The first-order chi connectivity index (χ1) is 15.6. The zero-order valence-corrected chi connectivity index (χ0v) is 19.5. The number of nitrogens with zero attached hydrogens (tertiary/aromatic N) is 1. The molecule has 9 heteroatoms. The van der Waals surface area contributed by atoms with Crippen LogP contribution in [0.15, 0.2) is 30.3 Å². The van der Waals surface area contributed by atoms with Gasteiger partial charge in [0.1, 0.15) is 24.4 Å². The van der Waals surface area contributed by atoms with Crippen molar-refractivity contribution in [1.29, 1.82) is 0 Å². The van der Waals surface area contributed by atoms with Gasteiger partial charge in [-0.1, -0.05) is 30.3 Å². The van der Waals surface area contributed by atoms with Crippen molar-refractivity contribution in [1.82, 2.24) is 15.5 Å². The van der Waals surface area contributed by atoms with Gasteiger partial charge < -0.3 is 20.1 Å². The summed E-state index contributed by atoms with van der Waals surface area (Å²) in [5.41, 5.74) is 0.262. The molecule has 0 spiro atoms. The zero-order valence-electron chi connectivity index (χ0n) is 19.5. The lowest BCUT2D eigenvalue weighted by Gasteiger charge is -2.24. The number of carbonyl (C=O) groups is 3. The zero-order chi connectivity index (χ0) is 24.0. The Morgan fingerprint density at radius 2 is 1.85 bits per heavy atom. The molecule has 33 heavy (non-hydrogen) atoms. The van der Waals surface area contributed by atoms with E-state index >= 15 is 0 Å². The summed E-state index contributed by atoms with van der Waals surface area (Å²) in [5, 5.41) is 5.73. The van der Waals surface area contributed by atoms with Gasteiger partial charge in [0.05, 0.1) is 6.54 Å². The van der Waals surface area contributed by atoms with E-state index in [0.29, 0.717) is 6.54 Å². The number of halogens is 1. The Morgan fingerprint density at radius 1 is 1.12 bits per heavy atom. The predicted molar refractivity (Wildman–Crippen MR) is 120 cm³/mol. The number of hydrogen-bond donors (Lipinski definition) is 2. The van der Waals surface area contributed by atoms with Crippen molar-refractivity contribution in [2.45, 2.75) is 76.9 Å². The molecule has 2 aliphatic rings. The maximum absolute atomic E-state index is 14.1. The van der Waals surface area contributed by atoms with Gasteiger partial charge in [-0.15, -0.1) is 0 Å². The second-order valence-electron chi connectivity index (χ2n) is 9.81. The number of alkyl carbamates (subject to hydrolysis) is 1. The third-order valence-corrected chi connectivity index (χ3v) is 5.82. The number of ether oxygens (including phenoxy) is 2. The van der Waals surface area contributed by atoms with Gasteiger partial charge in [0.2, 0.25) is 5.91 Å². The van der Waals surface area contributed by atoms with Crippen molar-refractivity contribution in [3.63, 3.8) is 0 Å². The number of carbonyl (C=O) groups excluding carboxylic acids is 3. The maximum Gasteiger partial charge on any atom is 0.410 e. The largest absolute Gasteiger partial charge is 0.445 e. The summed E-state index contributed by atoms with van der Waals surface area (Å²) in [6.07, 6.45) is -0.0750. The second-order valence-corrected chi connectivity index (χ2v) is 9.81. The highest BCUT2D eigenvalue weighted by Gasteiger charge is 2.41. The molecule has 0 aromatic heterocycles. The van der Waals surface area contributed by atoms with Gasteiger partial charge >= 0.3 is 12.2 Å². The van der Waals surface area contributed by atoms with E-state index in [0.717, 1.165) is 24.8 Å². The summed E-state index contributed by atoms with van der Waals surface area (Å²) in [6, 6.07) is 8.29. The number of nitrogens with one attached hydrogen (secondary N) is 2. The average molecular weight is 464 g/mol. The van der Waals surface area contributed by atoms with Crippen LogP contribution in [0.3, 0.4) is 0 Å². The third kappa shape index (κ3) is 7.61. The molecule has 0 unspecified atom stereocenters. The van der Waals surface area contributed by atoms with Crippen LogP contribution in [-0.2, 0) is 20.9 Å². The molecule has 1 heterocycles. The van der Waals surface area contributed by atoms with Crippen LogP contribution in [0.5, 0.6) is 0 Å². The average Bonchev–Trinajstić information content (AvgIpc) is 3.36. The van der Waals surface area contributed by atoms with E-state index < -0.39 is 30.0 Å². The molecule has 2 N–H and O–H groups in total. The molecule has 1 aromatic rings. The fourth-order valence-electron chi connectivity index (χ4n) is 4.27. The quantitative estimate of drug-likeness (QED) is 0.673. The fraction of sp³-hybridized carbons (Fsp3) is 0.625. The lowest BCUT2D eigenvalue weighted by molar-refractivity contribution is -0.125. The Kier molecular flexibility index (Phi) is 8.15. The van der Waals surface area contributed by atoms with Crippen molar-refractivity contribution >= 4 is 18.1 Å². The lowest BCUT2D eigenvalue weighted by Crippen LogP contribution is -2.47. The van der Waals surface area contributed by atoms with Gasteiger partial charge in [-0.3, -0.25) is 9.69 Å². The molecule has 1 aliphatic heterocycles. The fourth-order valence-corrected chi connectivity index (χ4v) is 4.27. The van der Waals surface area contributed by atoms with Crippen LogP contribution in [0, 0.1) is 5.92 Å². The second kappa shape index (κ2) is 10.9. The van der Waals surface area contributed by atoms with Crippen LogP contribution in [0.25, 0.3) is 0 Å². The molecule has 1 saturated heterocycles. The Morgan fingerprint density at radius 3 is 2.55 bits per heavy atom. The van der Waals surface area contributed by atoms with Crippen molar-refractivity contribution in [2.75, 3.05) is 13.1 Å². The van der Waals surface area contributed by atoms with Gasteiger partial charge in [0.15, 0.2) is 0 Å². The Bertz CT molecular complexity index is 829. The molecule has 1 saturated carbocycles. The minimum absolute atomic E-state index is 0.00656. The summed E-state index contributed by atoms with van der Waals surface area (Å²) in [7, 11) is 0. The topological polar surface area (TPSA) is 97.0 Å². The maximum atomic E-state index is 14.1. The predicted octanol–water partition coefficient (Wildman–Crippen LogP) is 3.55. The summed E-state index contributed by atoms with van der Waals surface area (Å²) >= 11 is 0. The molecule has 4 atom stereocenters. The molecule has 0 bridgehead atoms. The van der Waals surface area contributed by atoms with Crippen LogP contribution in [0.4, 0.5) is 14.0 Å². The number of likely N-dealkylation sites (tertiary alicyclic amines) is 1. The molecule has 1 aromatic carbocycles. The van der Waals surface area contributed by atoms with Gasteiger partial charge in [-0.05, 0) is 51.5 Å². The van der Waals surface area contributed by atoms with E-state index in [1.54, 1.807) is 0 Å². The first-order valence-electron chi connectivity index (χ1n) is 11.5. The van der Waals surface area contributed by atoms with Crippen molar-refractivity contribution in [3.8, 4) is 0 Å². The standard InChI is InChI=1S/C24H34FN3O5/c1-24(2,3)33-22(30)27-19-10-9-17(11-19)13-26-21(29)20-12-18(25)14-28(20)23(31)32-15-16-7-5-4-6-8-16/h4-8,17-20H,9-15H2,1-3H3,(H,26,29)(H,27,30)/t17-,18-,19+,20-/m0/s1. The van der Waals surface area contributed by atoms with Gasteiger partial charge in [-0.2, -0.15) is 0 Å². The summed E-state index contributed by atoms with van der Waals surface area (Å²) in [6.45, 7) is 5.75. The van der Waals surface area contributed by atoms with E-state index in [2.05, 4.69) is 10.6 Å². The lowest BCUT2D eigenvalue weighted by atomic mass is 10.1. The van der Waals surface area contributed by atoms with Crippen molar-refractivity contribution in [3.05, 3.63) is 35.9 Å². The molecular formula is C24H34FN3O5. The number of benzene rings is 1. The van der Waals surface area contributed by atoms with Crippen LogP contribution in [0.1, 0.15) is 52.0 Å². The highest BCUT2D eigenvalue weighted by Crippen LogP contribution is 2.26. The summed E-state index contributed by atoms with van der Waals surface area (Å²) in [4.78, 5) is 38.3. The van der Waals surface area contributed by atoms with E-state index in [9.17, 15) is 18.8 Å². The van der Waals surface area contributed by atoms with E-state index in [1.807, 2.05) is 51.1 Å². The Balaban J connectivity index is 1.44. The van der Waals surface area contributed by atoms with Crippen LogP contribution < -0.4 is 10.6 Å². The smallest absolute Gasteiger partial charge is 0.410 e. The van der Waals surface area contributed by atoms with Crippen LogP contribution >= 0.6 is 0 Å². The van der Waals surface area contributed by atoms with Crippen LogP contribution in [-0.4, -0.2) is 59.9 Å². The van der Waals surface area contributed by atoms with Crippen LogP contribution in [0.2, 0.25) is 0 Å². The highest BCUT2D eigenvalue weighted by atomic mass is 19.1. The van der Waals surface area contributed by atoms with Gasteiger partial charge in [0, 0.05) is 19.0 Å². The molecule has 1 aliphatic carbocycles. The molecular weight excluding hydrogens is 429 g/mol. The van der Waals surface area contributed by atoms with E-state index in [4.69, 9.17) is 9.47 Å². The molecule has 0 radical (unpaired) electrons. The Labute approximate surface area is 194 Å². The summed E-state index contributed by atoms with van der Waals surface area (Å²) in [5.74, 6) is -0.190. The third-order valence-electron chi connectivity index (χ3n) is 5.82. The minimum atomic E-state index is -1.26. The number of alkyl halides is 1. The highest BCUT2D eigenvalue weighted by molar-refractivity contribution is 5.86. The molecule has 3 amide bonds. The van der Waals surface area contributed by atoms with Crippen molar-refractivity contribution < 1.29 is 28.2 Å². The number of hydrogen-bond acceptors (Lipinski definition) is 5. The van der Waals surface area contributed by atoms with Gasteiger partial charge in [0.25, 0.3) is 0 Å².